The van der Waals surface area contributed by atoms with Crippen LogP contribution in [0.3, 0.4) is 0 Å². The molecule has 0 fully saturated rings. The van der Waals surface area contributed by atoms with E-state index in [1.807, 2.05) is 60.9 Å². The van der Waals surface area contributed by atoms with E-state index in [-0.39, 0.29) is 5.91 Å². The van der Waals surface area contributed by atoms with Crippen molar-refractivity contribution in [3.63, 3.8) is 0 Å². The molecule has 3 rings (SSSR count). The molecule has 5 nitrogen and oxygen atoms in total. The molecule has 116 valence electrons. The van der Waals surface area contributed by atoms with Gasteiger partial charge in [-0.3, -0.25) is 4.79 Å². The molecule has 0 aliphatic carbocycles. The molecule has 1 aromatic heterocycles. The topological polar surface area (TPSA) is 59.8 Å². The van der Waals surface area contributed by atoms with E-state index in [1.54, 1.807) is 22.6 Å². The molecule has 0 aliphatic heterocycles. The first kappa shape index (κ1) is 15.3. The molecular weight excluding hydrogens is 308 g/mol. The summed E-state index contributed by atoms with van der Waals surface area (Å²) in [5.41, 5.74) is 2.16. The average molecular weight is 324 g/mol. The normalized spacial score (nSPS) is 10.5. The summed E-state index contributed by atoms with van der Waals surface area (Å²) in [6.45, 7) is 0.586. The maximum atomic E-state index is 12.2. The first-order valence-electron chi connectivity index (χ1n) is 7.14. The molecule has 1 N–H and O–H groups in total. The van der Waals surface area contributed by atoms with Gasteiger partial charge in [-0.15, -0.1) is 16.9 Å². The molecule has 0 saturated heterocycles. The Bertz CT molecular complexity index is 801. The van der Waals surface area contributed by atoms with Gasteiger partial charge in [-0.1, -0.05) is 41.6 Å². The van der Waals surface area contributed by atoms with Crippen molar-refractivity contribution in [2.45, 2.75) is 11.4 Å². The van der Waals surface area contributed by atoms with Crippen molar-refractivity contribution >= 4 is 23.4 Å². The van der Waals surface area contributed by atoms with E-state index in [2.05, 4.69) is 15.6 Å². The van der Waals surface area contributed by atoms with Gasteiger partial charge in [0.15, 0.2) is 5.69 Å². The third kappa shape index (κ3) is 3.98. The van der Waals surface area contributed by atoms with Crippen LogP contribution in [0, 0.1) is 0 Å². The van der Waals surface area contributed by atoms with Gasteiger partial charge in [0, 0.05) is 10.6 Å². The molecule has 0 unspecified atom stereocenters. The summed E-state index contributed by atoms with van der Waals surface area (Å²) in [6, 6.07) is 17.6. The molecule has 0 radical (unpaired) electrons. The van der Waals surface area contributed by atoms with Crippen LogP contribution >= 0.6 is 11.8 Å². The first-order chi connectivity index (χ1) is 11.2. The summed E-state index contributed by atoms with van der Waals surface area (Å²) in [6.07, 6.45) is 3.65. The molecule has 3 aromatic rings. The Balaban J connectivity index is 1.68. The molecule has 1 amide bonds. The largest absolute Gasteiger partial charge is 0.321 e. The number of carbonyl (C=O) groups is 1. The lowest BCUT2D eigenvalue weighted by Gasteiger charge is -2.04. The summed E-state index contributed by atoms with van der Waals surface area (Å²) < 4.78 is 1.66. The molecule has 23 heavy (non-hydrogen) atoms. The van der Waals surface area contributed by atoms with Crippen LogP contribution in [0.2, 0.25) is 0 Å². The van der Waals surface area contributed by atoms with E-state index in [9.17, 15) is 4.79 Å². The van der Waals surface area contributed by atoms with Crippen molar-refractivity contribution in [2.24, 2.45) is 0 Å². The van der Waals surface area contributed by atoms with Crippen molar-refractivity contribution in [3.05, 3.63) is 72.1 Å². The fourth-order valence-corrected chi connectivity index (χ4v) is 2.61. The van der Waals surface area contributed by atoms with Gasteiger partial charge >= 0.3 is 0 Å². The zero-order valence-electron chi connectivity index (χ0n) is 12.6. The Hall–Kier alpha value is -2.60. The lowest BCUT2D eigenvalue weighted by Crippen LogP contribution is -2.12. The van der Waals surface area contributed by atoms with Crippen LogP contribution in [0.4, 0.5) is 5.69 Å². The molecule has 0 saturated carbocycles. The van der Waals surface area contributed by atoms with Crippen LogP contribution in [-0.2, 0) is 6.54 Å². The predicted molar refractivity (Wildman–Crippen MR) is 91.7 cm³/mol. The maximum absolute atomic E-state index is 12.2. The number of amides is 1. The van der Waals surface area contributed by atoms with Crippen LogP contribution < -0.4 is 5.32 Å². The molecule has 0 spiro atoms. The van der Waals surface area contributed by atoms with Gasteiger partial charge in [-0.25, -0.2) is 4.68 Å². The molecule has 1 heterocycles. The SMILES string of the molecule is CSc1cccc(NC(=O)c2cn(Cc3ccccc3)nn2)c1. The number of nitrogens with one attached hydrogen (secondary N) is 1. The Labute approximate surface area is 138 Å². The van der Waals surface area contributed by atoms with Crippen LogP contribution in [0.1, 0.15) is 16.1 Å². The van der Waals surface area contributed by atoms with E-state index in [0.29, 0.717) is 12.2 Å². The molecule has 2 aromatic carbocycles. The lowest BCUT2D eigenvalue weighted by molar-refractivity contribution is 0.102. The highest BCUT2D eigenvalue weighted by Crippen LogP contribution is 2.19. The molecule has 0 bridgehead atoms. The van der Waals surface area contributed by atoms with E-state index in [0.717, 1.165) is 16.1 Å². The number of carbonyl (C=O) groups excluding carboxylic acids is 1. The molecule has 0 aliphatic rings. The average Bonchev–Trinajstić information content (AvgIpc) is 3.04. The monoisotopic (exact) mass is 324 g/mol. The fourth-order valence-electron chi connectivity index (χ4n) is 2.15. The van der Waals surface area contributed by atoms with E-state index >= 15 is 0 Å². The van der Waals surface area contributed by atoms with Crippen molar-refractivity contribution in [3.8, 4) is 0 Å². The highest BCUT2D eigenvalue weighted by Gasteiger charge is 2.11. The van der Waals surface area contributed by atoms with Crippen molar-refractivity contribution in [2.75, 3.05) is 11.6 Å². The number of hydrogen-bond acceptors (Lipinski definition) is 4. The molecule has 0 atom stereocenters. The second kappa shape index (κ2) is 7.11. The van der Waals surface area contributed by atoms with Crippen molar-refractivity contribution in [1.29, 1.82) is 0 Å². The number of rotatable bonds is 5. The number of benzene rings is 2. The van der Waals surface area contributed by atoms with Crippen LogP contribution in [0.5, 0.6) is 0 Å². The summed E-state index contributed by atoms with van der Waals surface area (Å²) in [4.78, 5) is 13.3. The zero-order valence-corrected chi connectivity index (χ0v) is 13.5. The Morgan fingerprint density at radius 3 is 2.78 bits per heavy atom. The quantitative estimate of drug-likeness (QED) is 0.732. The summed E-state index contributed by atoms with van der Waals surface area (Å²) in [5.74, 6) is -0.262. The highest BCUT2D eigenvalue weighted by molar-refractivity contribution is 7.98. The summed E-state index contributed by atoms with van der Waals surface area (Å²) in [5, 5.41) is 10.8. The van der Waals surface area contributed by atoms with Gasteiger partial charge in [-0.05, 0) is 30.0 Å². The third-order valence-corrected chi connectivity index (χ3v) is 4.01. The second-order valence-electron chi connectivity index (χ2n) is 4.97. The van der Waals surface area contributed by atoms with Crippen LogP contribution in [-0.4, -0.2) is 27.2 Å². The standard InChI is InChI=1S/C17H16N4OS/c1-23-15-9-5-8-14(10-15)18-17(22)16-12-21(20-19-16)11-13-6-3-2-4-7-13/h2-10,12H,11H2,1H3,(H,18,22). The molecular formula is C17H16N4OS. The second-order valence-corrected chi connectivity index (χ2v) is 5.85. The van der Waals surface area contributed by atoms with Crippen LogP contribution in [0.25, 0.3) is 0 Å². The van der Waals surface area contributed by atoms with Crippen LogP contribution in [0.15, 0.2) is 65.7 Å². The highest BCUT2D eigenvalue weighted by atomic mass is 32.2. The minimum Gasteiger partial charge on any atom is -0.321 e. The van der Waals surface area contributed by atoms with E-state index in [1.165, 1.54) is 0 Å². The van der Waals surface area contributed by atoms with Gasteiger partial charge in [0.1, 0.15) is 0 Å². The maximum Gasteiger partial charge on any atom is 0.277 e. The lowest BCUT2D eigenvalue weighted by atomic mass is 10.2. The zero-order chi connectivity index (χ0) is 16.1. The van der Waals surface area contributed by atoms with Gasteiger partial charge in [0.25, 0.3) is 5.91 Å². The van der Waals surface area contributed by atoms with E-state index < -0.39 is 0 Å². The minimum absolute atomic E-state index is 0.262. The Kier molecular flexibility index (Phi) is 4.73. The number of anilines is 1. The summed E-state index contributed by atoms with van der Waals surface area (Å²) in [7, 11) is 0. The Morgan fingerprint density at radius 2 is 2.00 bits per heavy atom. The van der Waals surface area contributed by atoms with Gasteiger partial charge < -0.3 is 5.32 Å². The number of thioether (sulfide) groups is 1. The van der Waals surface area contributed by atoms with E-state index in [4.69, 9.17) is 0 Å². The molecule has 6 heteroatoms. The summed E-state index contributed by atoms with van der Waals surface area (Å²) >= 11 is 1.63. The number of aromatic nitrogens is 3. The Morgan fingerprint density at radius 1 is 1.17 bits per heavy atom. The van der Waals surface area contributed by atoms with Gasteiger partial charge in [-0.2, -0.15) is 0 Å². The smallest absolute Gasteiger partial charge is 0.277 e. The van der Waals surface area contributed by atoms with Gasteiger partial charge in [0.2, 0.25) is 0 Å². The van der Waals surface area contributed by atoms with Crippen molar-refractivity contribution < 1.29 is 4.79 Å². The third-order valence-electron chi connectivity index (χ3n) is 3.29. The first-order valence-corrected chi connectivity index (χ1v) is 8.36. The number of nitrogens with zero attached hydrogens (tertiary/aromatic N) is 3. The fraction of sp³-hybridized carbons (Fsp3) is 0.118. The minimum atomic E-state index is -0.262. The number of hydrogen-bond donors (Lipinski definition) is 1. The van der Waals surface area contributed by atoms with Gasteiger partial charge in [0.05, 0.1) is 12.7 Å². The predicted octanol–water partition coefficient (Wildman–Crippen LogP) is 3.30. The van der Waals surface area contributed by atoms with Crippen molar-refractivity contribution in [1.82, 2.24) is 15.0 Å².